The molecule has 1 aliphatic rings. The van der Waals surface area contributed by atoms with Crippen LogP contribution in [-0.2, 0) is 14.8 Å². The second kappa shape index (κ2) is 8.88. The summed E-state index contributed by atoms with van der Waals surface area (Å²) in [5, 5.41) is 0. The molecule has 1 amide bonds. The zero-order chi connectivity index (χ0) is 20.1. The molecule has 0 aliphatic carbocycles. The fourth-order valence-corrected chi connectivity index (χ4v) is 5.28. The predicted octanol–water partition coefficient (Wildman–Crippen LogP) is 3.62. The van der Waals surface area contributed by atoms with E-state index in [1.807, 2.05) is 56.3 Å². The number of benzene rings is 2. The molecule has 150 valence electrons. The molecule has 6 heteroatoms. The van der Waals surface area contributed by atoms with E-state index >= 15 is 0 Å². The molecule has 0 bridgehead atoms. The molecule has 1 fully saturated rings. The molecule has 1 atom stereocenters. The molecule has 1 aliphatic heterocycles. The Hall–Kier alpha value is -2.18. The van der Waals surface area contributed by atoms with Crippen LogP contribution in [0.4, 0.5) is 0 Å². The highest BCUT2D eigenvalue weighted by Gasteiger charge is 2.34. The highest BCUT2D eigenvalue weighted by Crippen LogP contribution is 2.27. The van der Waals surface area contributed by atoms with Crippen molar-refractivity contribution in [3.63, 3.8) is 0 Å². The van der Waals surface area contributed by atoms with Gasteiger partial charge in [-0.05, 0) is 49.9 Å². The van der Waals surface area contributed by atoms with Crippen molar-refractivity contribution in [1.29, 1.82) is 0 Å². The van der Waals surface area contributed by atoms with Crippen LogP contribution in [0.5, 0.6) is 0 Å². The van der Waals surface area contributed by atoms with E-state index in [9.17, 15) is 13.2 Å². The van der Waals surface area contributed by atoms with Crippen LogP contribution in [0, 0.1) is 5.92 Å². The van der Waals surface area contributed by atoms with Crippen LogP contribution < -0.4 is 0 Å². The van der Waals surface area contributed by atoms with E-state index in [4.69, 9.17) is 0 Å². The molecule has 0 radical (unpaired) electrons. The Bertz CT molecular complexity index is 891. The van der Waals surface area contributed by atoms with Gasteiger partial charge >= 0.3 is 0 Å². The minimum atomic E-state index is -3.60. The third-order valence-electron chi connectivity index (χ3n) is 5.41. The largest absolute Gasteiger partial charge is 0.343 e. The Balaban J connectivity index is 1.77. The van der Waals surface area contributed by atoms with E-state index in [1.54, 1.807) is 17.0 Å². The maximum atomic E-state index is 13.1. The molecule has 1 unspecified atom stereocenters. The van der Waals surface area contributed by atoms with E-state index in [-0.39, 0.29) is 23.3 Å². The van der Waals surface area contributed by atoms with Crippen LogP contribution in [0.1, 0.15) is 26.7 Å². The topological polar surface area (TPSA) is 57.7 Å². The quantitative estimate of drug-likeness (QED) is 0.744. The first-order chi connectivity index (χ1) is 13.5. The first-order valence-electron chi connectivity index (χ1n) is 9.91. The van der Waals surface area contributed by atoms with E-state index in [1.165, 1.54) is 4.31 Å². The van der Waals surface area contributed by atoms with Crippen LogP contribution in [0.3, 0.4) is 0 Å². The minimum absolute atomic E-state index is 0.0596. The van der Waals surface area contributed by atoms with Gasteiger partial charge in [-0.1, -0.05) is 42.5 Å². The van der Waals surface area contributed by atoms with Gasteiger partial charge < -0.3 is 4.90 Å². The van der Waals surface area contributed by atoms with Crippen LogP contribution in [0.2, 0.25) is 0 Å². The second-order valence-corrected chi connectivity index (χ2v) is 9.04. The average molecular weight is 401 g/mol. The molecule has 0 saturated carbocycles. The summed E-state index contributed by atoms with van der Waals surface area (Å²) in [4.78, 5) is 14.7. The number of hydrogen-bond acceptors (Lipinski definition) is 3. The summed E-state index contributed by atoms with van der Waals surface area (Å²) in [6.45, 7) is 5.93. The van der Waals surface area contributed by atoms with Gasteiger partial charge in [0.1, 0.15) is 0 Å². The predicted molar refractivity (Wildman–Crippen MR) is 111 cm³/mol. The first-order valence-corrected chi connectivity index (χ1v) is 11.4. The van der Waals surface area contributed by atoms with Gasteiger partial charge in [0.05, 0.1) is 10.8 Å². The number of nitrogens with zero attached hydrogens (tertiary/aromatic N) is 2. The zero-order valence-corrected chi connectivity index (χ0v) is 17.4. The molecule has 0 aromatic heterocycles. The number of sulfonamides is 1. The van der Waals surface area contributed by atoms with E-state index in [2.05, 4.69) is 0 Å². The molecule has 28 heavy (non-hydrogen) atoms. The molecule has 0 N–H and O–H groups in total. The highest BCUT2D eigenvalue weighted by molar-refractivity contribution is 7.89. The monoisotopic (exact) mass is 400 g/mol. The SMILES string of the molecule is CCN(CC)C(=O)C1CCCN(S(=O)(=O)c2ccc(-c3ccccc3)cc2)C1. The summed E-state index contributed by atoms with van der Waals surface area (Å²) in [6, 6.07) is 16.9. The fourth-order valence-electron chi connectivity index (χ4n) is 3.75. The molecule has 2 aromatic carbocycles. The standard InChI is InChI=1S/C22H28N2O3S/c1-3-23(4-2)22(25)20-11-8-16-24(17-20)28(26,27)21-14-12-19(13-15-21)18-9-6-5-7-10-18/h5-7,9-10,12-15,20H,3-4,8,11,16-17H2,1-2H3. The van der Waals surface area contributed by atoms with Gasteiger partial charge in [0, 0.05) is 26.2 Å². The Kier molecular flexibility index (Phi) is 6.52. The van der Waals surface area contributed by atoms with E-state index in [0.717, 1.165) is 17.5 Å². The number of rotatable bonds is 6. The number of carbonyl (C=O) groups excluding carboxylic acids is 1. The summed E-state index contributed by atoms with van der Waals surface area (Å²) in [7, 11) is -3.60. The van der Waals surface area contributed by atoms with Crippen LogP contribution in [-0.4, -0.2) is 49.7 Å². The third-order valence-corrected chi connectivity index (χ3v) is 7.29. The van der Waals surface area contributed by atoms with Crippen molar-refractivity contribution >= 4 is 15.9 Å². The normalized spacial score (nSPS) is 18.0. The van der Waals surface area contributed by atoms with Crippen molar-refractivity contribution < 1.29 is 13.2 Å². The van der Waals surface area contributed by atoms with E-state index in [0.29, 0.717) is 26.1 Å². The summed E-state index contributed by atoms with van der Waals surface area (Å²) in [5.74, 6) is -0.198. The lowest BCUT2D eigenvalue weighted by Crippen LogP contribution is -2.46. The summed E-state index contributed by atoms with van der Waals surface area (Å²) < 4.78 is 27.7. The average Bonchev–Trinajstić information content (AvgIpc) is 2.75. The van der Waals surface area contributed by atoms with E-state index < -0.39 is 10.0 Å². The van der Waals surface area contributed by atoms with Gasteiger partial charge in [0.15, 0.2) is 0 Å². The zero-order valence-electron chi connectivity index (χ0n) is 16.5. The Morgan fingerprint density at radius 3 is 2.21 bits per heavy atom. The molecule has 2 aromatic rings. The Morgan fingerprint density at radius 1 is 1.00 bits per heavy atom. The molecule has 1 saturated heterocycles. The third kappa shape index (κ3) is 4.28. The number of piperidine rings is 1. The van der Waals surface area contributed by atoms with Gasteiger partial charge in [-0.3, -0.25) is 4.79 Å². The van der Waals surface area contributed by atoms with Crippen molar-refractivity contribution in [2.45, 2.75) is 31.6 Å². The van der Waals surface area contributed by atoms with Gasteiger partial charge in [-0.2, -0.15) is 4.31 Å². The Labute approximate surface area is 168 Å². The van der Waals surface area contributed by atoms with Crippen molar-refractivity contribution in [1.82, 2.24) is 9.21 Å². The van der Waals surface area contributed by atoms with Crippen molar-refractivity contribution in [3.05, 3.63) is 54.6 Å². The van der Waals surface area contributed by atoms with Gasteiger partial charge in [-0.15, -0.1) is 0 Å². The van der Waals surface area contributed by atoms with Crippen LogP contribution in [0.15, 0.2) is 59.5 Å². The maximum Gasteiger partial charge on any atom is 0.243 e. The molecule has 3 rings (SSSR count). The number of amides is 1. The molecular weight excluding hydrogens is 372 g/mol. The first kappa shape index (κ1) is 20.6. The van der Waals surface area contributed by atoms with Gasteiger partial charge in [0.25, 0.3) is 0 Å². The molecule has 1 heterocycles. The number of carbonyl (C=O) groups is 1. The molecule has 0 spiro atoms. The lowest BCUT2D eigenvalue weighted by molar-refractivity contribution is -0.136. The van der Waals surface area contributed by atoms with Crippen LogP contribution >= 0.6 is 0 Å². The second-order valence-electron chi connectivity index (χ2n) is 7.10. The van der Waals surface area contributed by atoms with Crippen molar-refractivity contribution in [2.24, 2.45) is 5.92 Å². The minimum Gasteiger partial charge on any atom is -0.343 e. The summed E-state index contributed by atoms with van der Waals surface area (Å²) in [5.41, 5.74) is 2.03. The fraction of sp³-hybridized carbons (Fsp3) is 0.409. The van der Waals surface area contributed by atoms with Crippen molar-refractivity contribution in [3.8, 4) is 11.1 Å². The highest BCUT2D eigenvalue weighted by atomic mass is 32.2. The molecule has 5 nitrogen and oxygen atoms in total. The lowest BCUT2D eigenvalue weighted by atomic mass is 9.98. The van der Waals surface area contributed by atoms with Crippen LogP contribution in [0.25, 0.3) is 11.1 Å². The van der Waals surface area contributed by atoms with Crippen molar-refractivity contribution in [2.75, 3.05) is 26.2 Å². The lowest BCUT2D eigenvalue weighted by Gasteiger charge is -2.33. The summed E-state index contributed by atoms with van der Waals surface area (Å²) in [6.07, 6.45) is 1.45. The van der Waals surface area contributed by atoms with Gasteiger partial charge in [-0.25, -0.2) is 8.42 Å². The smallest absolute Gasteiger partial charge is 0.243 e. The maximum absolute atomic E-state index is 13.1. The molecular formula is C22H28N2O3S. The Morgan fingerprint density at radius 2 is 1.61 bits per heavy atom. The van der Waals surface area contributed by atoms with Gasteiger partial charge in [0.2, 0.25) is 15.9 Å². The summed E-state index contributed by atoms with van der Waals surface area (Å²) >= 11 is 0. The number of hydrogen-bond donors (Lipinski definition) is 0.